The number of hydrogen-bond donors (Lipinski definition) is 3. The lowest BCUT2D eigenvalue weighted by Crippen LogP contribution is -2.30. The molecule has 9 nitrogen and oxygen atoms in total. The van der Waals surface area contributed by atoms with Crippen LogP contribution in [0.3, 0.4) is 0 Å². The molecule has 0 saturated heterocycles. The second-order valence-electron chi connectivity index (χ2n) is 10.7. The minimum absolute atomic E-state index is 0.0000591. The van der Waals surface area contributed by atoms with Gasteiger partial charge in [0.05, 0.1) is 25.0 Å². The van der Waals surface area contributed by atoms with Crippen LogP contribution < -0.4 is 25.4 Å². The van der Waals surface area contributed by atoms with Crippen LogP contribution in [0.25, 0.3) is 6.08 Å². The highest BCUT2D eigenvalue weighted by Crippen LogP contribution is 2.38. The van der Waals surface area contributed by atoms with E-state index >= 15 is 0 Å². The first-order chi connectivity index (χ1) is 22.8. The Morgan fingerprint density at radius 1 is 0.957 bits per heavy atom. The van der Waals surface area contributed by atoms with Gasteiger partial charge in [0.25, 0.3) is 11.8 Å². The van der Waals surface area contributed by atoms with Gasteiger partial charge < -0.3 is 25.4 Å². The van der Waals surface area contributed by atoms with E-state index in [0.29, 0.717) is 38.9 Å². The van der Waals surface area contributed by atoms with E-state index in [1.165, 1.54) is 41.2 Å². The van der Waals surface area contributed by atoms with E-state index in [0.717, 1.165) is 36.1 Å². The van der Waals surface area contributed by atoms with Crippen LogP contribution in [0.5, 0.6) is 11.5 Å². The van der Waals surface area contributed by atoms with Gasteiger partial charge >= 0.3 is 0 Å². The number of hydrogen-bond acceptors (Lipinski definition) is 8. The van der Waals surface area contributed by atoms with Gasteiger partial charge in [0.15, 0.2) is 0 Å². The van der Waals surface area contributed by atoms with E-state index in [4.69, 9.17) is 9.47 Å². The van der Waals surface area contributed by atoms with Crippen LogP contribution >= 0.6 is 23.1 Å². The summed E-state index contributed by atoms with van der Waals surface area (Å²) in [6.07, 6.45) is 5.49. The number of thiophene rings is 1. The van der Waals surface area contributed by atoms with Gasteiger partial charge in [-0.15, -0.1) is 23.1 Å². The predicted molar refractivity (Wildman–Crippen MR) is 186 cm³/mol. The number of nitrogens with zero attached hydrogens (tertiary/aromatic N) is 1. The van der Waals surface area contributed by atoms with Gasteiger partial charge in [0, 0.05) is 32.7 Å². The fraction of sp³-hybridized carbons (Fsp3) is 0.222. The van der Waals surface area contributed by atoms with Gasteiger partial charge in [-0.3, -0.25) is 14.4 Å². The summed E-state index contributed by atoms with van der Waals surface area (Å²) in [5.41, 5.74) is 3.08. The van der Waals surface area contributed by atoms with Crippen LogP contribution in [0, 0.1) is 11.3 Å². The first-order valence-electron chi connectivity index (χ1n) is 15.0. The maximum Gasteiger partial charge on any atom is 0.272 e. The Hall–Kier alpha value is -5.05. The van der Waals surface area contributed by atoms with Crippen LogP contribution in [0.4, 0.5) is 10.7 Å². The summed E-state index contributed by atoms with van der Waals surface area (Å²) in [7, 11) is 3.05. The third kappa shape index (κ3) is 8.22. The molecule has 1 atom stereocenters. The molecule has 47 heavy (non-hydrogen) atoms. The number of carbonyl (C=O) groups is 3. The van der Waals surface area contributed by atoms with Crippen molar-refractivity contribution >= 4 is 57.6 Å². The summed E-state index contributed by atoms with van der Waals surface area (Å²) in [5, 5.41) is 18.5. The zero-order valence-corrected chi connectivity index (χ0v) is 27.8. The molecule has 5 rings (SSSR count). The molecule has 3 aromatic carbocycles. The van der Waals surface area contributed by atoms with E-state index in [1.54, 1.807) is 80.8 Å². The summed E-state index contributed by atoms with van der Waals surface area (Å²) in [5.74, 6) is -0.170. The van der Waals surface area contributed by atoms with Crippen molar-refractivity contribution in [2.75, 3.05) is 24.9 Å². The van der Waals surface area contributed by atoms with Crippen molar-refractivity contribution in [2.45, 2.75) is 42.8 Å². The number of rotatable bonds is 11. The fourth-order valence-electron chi connectivity index (χ4n) is 5.12. The normalized spacial score (nSPS) is 13.0. The number of amides is 3. The number of aryl methyl sites for hydroxylation is 1. The summed E-state index contributed by atoms with van der Waals surface area (Å²) in [6.45, 7) is 1.80. The Kier molecular flexibility index (Phi) is 11.0. The first kappa shape index (κ1) is 33.3. The Morgan fingerprint density at radius 2 is 1.74 bits per heavy atom. The molecule has 0 spiro atoms. The van der Waals surface area contributed by atoms with E-state index in [-0.39, 0.29) is 11.6 Å². The number of ether oxygens (including phenoxy) is 2. The smallest absolute Gasteiger partial charge is 0.272 e. The SMILES string of the molecule is COc1ccc(/C=C(/NC(=O)c2ccccc2)C(=O)Nc2cccc(SC(C)C(=O)Nc3sc4c(c3C#N)CCCC4)c2)c(OC)c1. The van der Waals surface area contributed by atoms with E-state index in [1.807, 2.05) is 6.07 Å². The quantitative estimate of drug-likeness (QED) is 0.116. The lowest BCUT2D eigenvalue weighted by Gasteiger charge is -2.14. The van der Waals surface area contributed by atoms with Gasteiger partial charge in [0.1, 0.15) is 28.3 Å². The number of nitriles is 1. The van der Waals surface area contributed by atoms with Gasteiger partial charge in [-0.25, -0.2) is 0 Å². The molecule has 3 amide bonds. The molecule has 1 heterocycles. The minimum atomic E-state index is -0.550. The molecule has 1 aliphatic carbocycles. The molecule has 3 N–H and O–H groups in total. The molecular formula is C36H34N4O5S2. The summed E-state index contributed by atoms with van der Waals surface area (Å²) in [6, 6.07) is 23.2. The number of carbonyl (C=O) groups excluding carboxylic acids is 3. The van der Waals surface area contributed by atoms with Gasteiger partial charge in [-0.2, -0.15) is 5.26 Å². The highest BCUT2D eigenvalue weighted by atomic mass is 32.2. The molecule has 0 aliphatic heterocycles. The molecule has 0 saturated carbocycles. The van der Waals surface area contributed by atoms with Gasteiger partial charge in [-0.1, -0.05) is 24.3 Å². The Labute approximate surface area is 282 Å². The zero-order valence-electron chi connectivity index (χ0n) is 26.2. The van der Waals surface area contributed by atoms with Crippen molar-refractivity contribution in [1.29, 1.82) is 5.26 Å². The topological polar surface area (TPSA) is 130 Å². The lowest BCUT2D eigenvalue weighted by atomic mass is 9.96. The van der Waals surface area contributed by atoms with Crippen molar-refractivity contribution in [1.82, 2.24) is 5.32 Å². The number of thioether (sulfide) groups is 1. The van der Waals surface area contributed by atoms with Crippen molar-refractivity contribution in [3.8, 4) is 17.6 Å². The molecule has 0 fully saturated rings. The third-order valence-electron chi connectivity index (χ3n) is 7.56. The fourth-order valence-corrected chi connectivity index (χ4v) is 7.29. The molecular weight excluding hydrogens is 633 g/mol. The monoisotopic (exact) mass is 666 g/mol. The first-order valence-corrected chi connectivity index (χ1v) is 16.7. The van der Waals surface area contributed by atoms with Crippen LogP contribution in [-0.2, 0) is 22.4 Å². The standard InChI is InChI=1S/C36H34N4O5S2/c1-22(33(41)40-36-29(21-37)28-14-7-8-15-32(28)47-36)46-27-13-9-12-25(19-27)38-35(43)30(39-34(42)23-10-5-4-6-11-23)18-24-16-17-26(44-2)20-31(24)45-3/h4-6,9-13,16-20,22H,7-8,14-15H2,1-3H3,(H,38,43)(H,39,42)(H,40,41)/b30-18+. The summed E-state index contributed by atoms with van der Waals surface area (Å²) >= 11 is 2.83. The average molecular weight is 667 g/mol. The van der Waals surface area contributed by atoms with E-state index < -0.39 is 17.1 Å². The Balaban J connectivity index is 1.32. The van der Waals surface area contributed by atoms with Crippen LogP contribution in [0.1, 0.15) is 51.7 Å². The Morgan fingerprint density at radius 3 is 2.49 bits per heavy atom. The van der Waals surface area contributed by atoms with Gasteiger partial charge in [0.2, 0.25) is 5.91 Å². The van der Waals surface area contributed by atoms with Crippen molar-refractivity contribution in [3.05, 3.63) is 106 Å². The molecule has 4 aromatic rings. The number of methoxy groups -OCH3 is 2. The molecule has 0 radical (unpaired) electrons. The molecule has 1 aromatic heterocycles. The van der Waals surface area contributed by atoms with Crippen LogP contribution in [-0.4, -0.2) is 37.2 Å². The highest BCUT2D eigenvalue weighted by Gasteiger charge is 2.24. The number of fused-ring (bicyclic) bond motifs is 1. The van der Waals surface area contributed by atoms with Crippen molar-refractivity contribution < 1.29 is 23.9 Å². The highest BCUT2D eigenvalue weighted by molar-refractivity contribution is 8.00. The number of nitrogens with one attached hydrogen (secondary N) is 3. The average Bonchev–Trinajstić information content (AvgIpc) is 3.45. The van der Waals surface area contributed by atoms with E-state index in [9.17, 15) is 19.6 Å². The predicted octanol–water partition coefficient (Wildman–Crippen LogP) is 7.04. The molecule has 1 aliphatic rings. The number of anilines is 2. The third-order valence-corrected chi connectivity index (χ3v) is 9.86. The molecule has 1 unspecified atom stereocenters. The maximum atomic E-state index is 13.6. The second kappa shape index (κ2) is 15.5. The Bertz CT molecular complexity index is 1860. The van der Waals surface area contributed by atoms with Gasteiger partial charge in [-0.05, 0) is 86.7 Å². The molecule has 240 valence electrons. The maximum absolute atomic E-state index is 13.6. The van der Waals surface area contributed by atoms with Crippen molar-refractivity contribution in [3.63, 3.8) is 0 Å². The minimum Gasteiger partial charge on any atom is -0.497 e. The number of benzene rings is 3. The molecule has 11 heteroatoms. The second-order valence-corrected chi connectivity index (χ2v) is 13.3. The largest absolute Gasteiger partial charge is 0.497 e. The van der Waals surface area contributed by atoms with Crippen LogP contribution in [0.15, 0.2) is 83.4 Å². The summed E-state index contributed by atoms with van der Waals surface area (Å²) in [4.78, 5) is 41.8. The van der Waals surface area contributed by atoms with Crippen molar-refractivity contribution in [2.24, 2.45) is 0 Å². The molecule has 0 bridgehead atoms. The van der Waals surface area contributed by atoms with Crippen LogP contribution in [0.2, 0.25) is 0 Å². The lowest BCUT2D eigenvalue weighted by molar-refractivity contribution is -0.115. The zero-order chi connectivity index (χ0) is 33.3. The van der Waals surface area contributed by atoms with E-state index in [2.05, 4.69) is 22.0 Å². The summed E-state index contributed by atoms with van der Waals surface area (Å²) < 4.78 is 10.8.